The van der Waals surface area contributed by atoms with Gasteiger partial charge in [0.05, 0.1) is 18.7 Å². The molecule has 0 unspecified atom stereocenters. The number of nitrogens with zero attached hydrogens (tertiary/aromatic N) is 2. The van der Waals surface area contributed by atoms with E-state index < -0.39 is 11.9 Å². The van der Waals surface area contributed by atoms with Crippen LogP contribution in [-0.4, -0.2) is 65.9 Å². The average molecular weight is 505 g/mol. The average Bonchev–Trinajstić information content (AvgIpc) is 2.85. The monoisotopic (exact) mass is 504 g/mol. The lowest BCUT2D eigenvalue weighted by atomic mass is 10.1. The third-order valence-corrected chi connectivity index (χ3v) is 5.53. The fourth-order valence-electron chi connectivity index (χ4n) is 3.77. The van der Waals surface area contributed by atoms with E-state index in [1.165, 1.54) is 12.1 Å². The molecule has 194 valence electrons. The van der Waals surface area contributed by atoms with Crippen molar-refractivity contribution in [1.29, 1.82) is 0 Å². The minimum atomic E-state index is -0.985. The summed E-state index contributed by atoms with van der Waals surface area (Å²) >= 11 is 0. The highest BCUT2D eigenvalue weighted by molar-refractivity contribution is 5.92. The molecule has 4 N–H and O–H groups in total. The van der Waals surface area contributed by atoms with Crippen molar-refractivity contribution in [3.8, 4) is 11.5 Å². The Morgan fingerprint density at radius 1 is 0.865 bits per heavy atom. The van der Waals surface area contributed by atoms with Gasteiger partial charge >= 0.3 is 5.97 Å². The SMILES string of the molecule is CN(CCCN(CC(N)=O)Cc1ccc(C(=O)O)cc1)CC(=O)Nc1ccc(Oc2ccccc2)cc1. The van der Waals surface area contributed by atoms with E-state index in [1.54, 1.807) is 36.4 Å². The first-order valence-electron chi connectivity index (χ1n) is 11.9. The number of aromatic carboxylic acids is 1. The Morgan fingerprint density at radius 2 is 1.51 bits per heavy atom. The van der Waals surface area contributed by atoms with Crippen LogP contribution in [0.2, 0.25) is 0 Å². The number of para-hydroxylation sites is 1. The maximum Gasteiger partial charge on any atom is 0.335 e. The summed E-state index contributed by atoms with van der Waals surface area (Å²) in [4.78, 5) is 38.8. The first-order chi connectivity index (χ1) is 17.8. The lowest BCUT2D eigenvalue weighted by Gasteiger charge is -2.23. The topological polar surface area (TPSA) is 125 Å². The van der Waals surface area contributed by atoms with Gasteiger partial charge in [-0.3, -0.25) is 19.4 Å². The summed E-state index contributed by atoms with van der Waals surface area (Å²) in [5.74, 6) is -0.130. The van der Waals surface area contributed by atoms with Gasteiger partial charge in [-0.1, -0.05) is 30.3 Å². The number of hydrogen-bond acceptors (Lipinski definition) is 6. The third kappa shape index (κ3) is 9.75. The number of benzene rings is 3. The van der Waals surface area contributed by atoms with E-state index in [1.807, 2.05) is 47.2 Å². The number of nitrogens with two attached hydrogens (primary N) is 1. The second-order valence-corrected chi connectivity index (χ2v) is 8.76. The minimum Gasteiger partial charge on any atom is -0.478 e. The van der Waals surface area contributed by atoms with Crippen molar-refractivity contribution in [2.45, 2.75) is 13.0 Å². The number of ether oxygens (including phenoxy) is 1. The van der Waals surface area contributed by atoms with Gasteiger partial charge in [0, 0.05) is 18.8 Å². The van der Waals surface area contributed by atoms with E-state index in [4.69, 9.17) is 15.6 Å². The lowest BCUT2D eigenvalue weighted by Crippen LogP contribution is -2.36. The minimum absolute atomic E-state index is 0.0921. The zero-order valence-electron chi connectivity index (χ0n) is 20.8. The molecule has 0 heterocycles. The molecule has 0 bridgehead atoms. The molecule has 0 aromatic heterocycles. The molecule has 9 heteroatoms. The number of rotatable bonds is 14. The molecule has 0 saturated carbocycles. The van der Waals surface area contributed by atoms with Gasteiger partial charge < -0.3 is 20.9 Å². The fourth-order valence-corrected chi connectivity index (χ4v) is 3.77. The molecule has 0 aliphatic carbocycles. The zero-order chi connectivity index (χ0) is 26.6. The Labute approximate surface area is 216 Å². The van der Waals surface area contributed by atoms with Gasteiger partial charge in [0.2, 0.25) is 11.8 Å². The van der Waals surface area contributed by atoms with E-state index in [0.717, 1.165) is 17.7 Å². The molecule has 9 nitrogen and oxygen atoms in total. The van der Waals surface area contributed by atoms with E-state index in [-0.39, 0.29) is 24.6 Å². The molecular weight excluding hydrogens is 472 g/mol. The van der Waals surface area contributed by atoms with Gasteiger partial charge in [0.25, 0.3) is 0 Å². The van der Waals surface area contributed by atoms with Crippen molar-refractivity contribution in [2.24, 2.45) is 5.73 Å². The van der Waals surface area contributed by atoms with E-state index in [0.29, 0.717) is 31.1 Å². The highest BCUT2D eigenvalue weighted by Crippen LogP contribution is 2.22. The second kappa shape index (κ2) is 13.8. The predicted octanol–water partition coefficient (Wildman–Crippen LogP) is 3.43. The van der Waals surface area contributed by atoms with Crippen LogP contribution in [0, 0.1) is 0 Å². The molecule has 0 spiro atoms. The number of carboxylic acids is 1. The van der Waals surface area contributed by atoms with Gasteiger partial charge in [-0.25, -0.2) is 4.79 Å². The van der Waals surface area contributed by atoms with E-state index in [9.17, 15) is 14.4 Å². The van der Waals surface area contributed by atoms with Gasteiger partial charge in [-0.2, -0.15) is 0 Å². The van der Waals surface area contributed by atoms with E-state index in [2.05, 4.69) is 5.32 Å². The van der Waals surface area contributed by atoms with Crippen LogP contribution in [0.4, 0.5) is 5.69 Å². The number of anilines is 1. The first-order valence-corrected chi connectivity index (χ1v) is 11.9. The Kier molecular flexibility index (Phi) is 10.2. The summed E-state index contributed by atoms with van der Waals surface area (Å²) in [7, 11) is 1.86. The predicted molar refractivity (Wildman–Crippen MR) is 142 cm³/mol. The summed E-state index contributed by atoms with van der Waals surface area (Å²) < 4.78 is 5.77. The standard InChI is InChI=1S/C28H32N4O5/c1-31(16-5-17-32(19-26(29)33)18-21-8-10-22(11-9-21)28(35)36)20-27(34)30-23-12-14-25(15-13-23)37-24-6-3-2-4-7-24/h2-4,6-15H,5,16-20H2,1H3,(H2,29,33)(H,30,34)(H,35,36). The van der Waals surface area contributed by atoms with Crippen molar-refractivity contribution in [1.82, 2.24) is 9.80 Å². The Hall–Kier alpha value is -4.21. The van der Waals surface area contributed by atoms with Crippen molar-refractivity contribution < 1.29 is 24.2 Å². The van der Waals surface area contributed by atoms with Crippen LogP contribution >= 0.6 is 0 Å². The largest absolute Gasteiger partial charge is 0.478 e. The first kappa shape index (κ1) is 27.4. The molecule has 0 fully saturated rings. The van der Waals surface area contributed by atoms with Crippen LogP contribution in [0.3, 0.4) is 0 Å². The number of carbonyl (C=O) groups is 3. The Bertz CT molecular complexity index is 1170. The maximum atomic E-state index is 12.5. The molecule has 0 saturated heterocycles. The van der Waals surface area contributed by atoms with Crippen LogP contribution < -0.4 is 15.8 Å². The summed E-state index contributed by atoms with van der Waals surface area (Å²) in [6, 6.07) is 23.2. The number of carboxylic acid groups (broad SMARTS) is 1. The molecular formula is C28H32N4O5. The maximum absolute atomic E-state index is 12.5. The normalized spacial score (nSPS) is 10.9. The van der Waals surface area contributed by atoms with Crippen molar-refractivity contribution >= 4 is 23.5 Å². The quantitative estimate of drug-likeness (QED) is 0.307. The molecule has 37 heavy (non-hydrogen) atoms. The van der Waals surface area contributed by atoms with Gasteiger partial charge in [-0.05, 0) is 74.1 Å². The van der Waals surface area contributed by atoms with Gasteiger partial charge in [0.1, 0.15) is 11.5 Å². The number of hydrogen-bond donors (Lipinski definition) is 3. The van der Waals surface area contributed by atoms with Crippen LogP contribution in [0.25, 0.3) is 0 Å². The number of carbonyl (C=O) groups excluding carboxylic acids is 2. The van der Waals surface area contributed by atoms with Crippen LogP contribution in [0.15, 0.2) is 78.9 Å². The lowest BCUT2D eigenvalue weighted by molar-refractivity contribution is -0.119. The number of likely N-dealkylation sites (N-methyl/N-ethyl adjacent to an activating group) is 1. The van der Waals surface area contributed by atoms with Gasteiger partial charge in [-0.15, -0.1) is 0 Å². The van der Waals surface area contributed by atoms with Gasteiger partial charge in [0.15, 0.2) is 0 Å². The zero-order valence-corrected chi connectivity index (χ0v) is 20.8. The summed E-state index contributed by atoms with van der Waals surface area (Å²) in [6.07, 6.45) is 0.718. The molecule has 3 aromatic carbocycles. The van der Waals surface area contributed by atoms with E-state index >= 15 is 0 Å². The highest BCUT2D eigenvalue weighted by Gasteiger charge is 2.12. The van der Waals surface area contributed by atoms with Crippen molar-refractivity contribution in [3.63, 3.8) is 0 Å². The molecule has 0 radical (unpaired) electrons. The molecule has 3 rings (SSSR count). The second-order valence-electron chi connectivity index (χ2n) is 8.76. The molecule has 0 atom stereocenters. The van der Waals surface area contributed by atoms with Crippen LogP contribution in [-0.2, 0) is 16.1 Å². The molecule has 2 amide bonds. The van der Waals surface area contributed by atoms with Crippen LogP contribution in [0.1, 0.15) is 22.3 Å². The van der Waals surface area contributed by atoms with Crippen molar-refractivity contribution in [2.75, 3.05) is 38.5 Å². The summed E-state index contributed by atoms with van der Waals surface area (Å²) in [5, 5.41) is 11.9. The molecule has 0 aliphatic heterocycles. The highest BCUT2D eigenvalue weighted by atomic mass is 16.5. The number of nitrogens with one attached hydrogen (secondary N) is 1. The van der Waals surface area contributed by atoms with Crippen molar-refractivity contribution in [3.05, 3.63) is 90.0 Å². The Balaban J connectivity index is 1.42. The summed E-state index contributed by atoms with van der Waals surface area (Å²) in [5.41, 5.74) is 7.18. The fraction of sp³-hybridized carbons (Fsp3) is 0.250. The summed E-state index contributed by atoms with van der Waals surface area (Å²) in [6.45, 7) is 2.02. The molecule has 3 aromatic rings. The van der Waals surface area contributed by atoms with Crippen LogP contribution in [0.5, 0.6) is 11.5 Å². The third-order valence-electron chi connectivity index (χ3n) is 5.53. The molecule has 0 aliphatic rings. The Morgan fingerprint density at radius 3 is 2.14 bits per heavy atom. The number of primary amides is 1. The smallest absolute Gasteiger partial charge is 0.335 e. The number of amides is 2.